The van der Waals surface area contributed by atoms with E-state index in [4.69, 9.17) is 0 Å². The summed E-state index contributed by atoms with van der Waals surface area (Å²) in [6.45, 7) is 0. The van der Waals surface area contributed by atoms with E-state index in [1.54, 1.807) is 18.2 Å². The highest BCUT2D eigenvalue weighted by Crippen LogP contribution is 2.28. The molecular formula is C19H18N6O3S. The number of nitrogens with one attached hydrogen (secondary N) is 4. The molecule has 1 aromatic heterocycles. The molecule has 0 bridgehead atoms. The summed E-state index contributed by atoms with van der Waals surface area (Å²) in [5.74, 6) is 1.02. The average molecular weight is 410 g/mol. The first-order valence-electron chi connectivity index (χ1n) is 8.75. The van der Waals surface area contributed by atoms with E-state index in [0.717, 1.165) is 16.9 Å². The first-order chi connectivity index (χ1) is 13.9. The van der Waals surface area contributed by atoms with Crippen LogP contribution in [0.25, 0.3) is 0 Å². The van der Waals surface area contributed by atoms with Gasteiger partial charge in [-0.3, -0.25) is 4.79 Å². The molecular weight excluding hydrogens is 392 g/mol. The third-order valence-electron chi connectivity index (χ3n) is 4.36. The maximum absolute atomic E-state index is 12.0. The van der Waals surface area contributed by atoms with Gasteiger partial charge < -0.3 is 16.0 Å². The number of amides is 1. The lowest BCUT2D eigenvalue weighted by atomic mass is 10.1. The van der Waals surface area contributed by atoms with Crippen molar-refractivity contribution in [1.82, 2.24) is 14.7 Å². The average Bonchev–Trinajstić information content (AvgIpc) is 3.08. The smallest absolute Gasteiger partial charge is 0.240 e. The largest absolute Gasteiger partial charge is 0.340 e. The van der Waals surface area contributed by atoms with Gasteiger partial charge in [-0.1, -0.05) is 12.1 Å². The second-order valence-corrected chi connectivity index (χ2v) is 8.26. The van der Waals surface area contributed by atoms with Crippen molar-refractivity contribution >= 4 is 44.6 Å². The molecule has 0 fully saturated rings. The summed E-state index contributed by atoms with van der Waals surface area (Å²) in [4.78, 5) is 20.0. The van der Waals surface area contributed by atoms with E-state index in [9.17, 15) is 13.2 Å². The number of hydrogen-bond donors (Lipinski definition) is 4. The van der Waals surface area contributed by atoms with Crippen LogP contribution in [-0.2, 0) is 21.2 Å². The van der Waals surface area contributed by atoms with Crippen molar-refractivity contribution in [3.63, 3.8) is 0 Å². The monoisotopic (exact) mass is 410 g/mol. The molecule has 0 aliphatic carbocycles. The van der Waals surface area contributed by atoms with Crippen LogP contribution in [0.15, 0.2) is 59.8 Å². The molecule has 3 aromatic rings. The third-order valence-corrected chi connectivity index (χ3v) is 5.77. The Morgan fingerprint density at radius 3 is 2.41 bits per heavy atom. The van der Waals surface area contributed by atoms with E-state index in [1.807, 2.05) is 18.2 Å². The van der Waals surface area contributed by atoms with Crippen molar-refractivity contribution in [1.29, 1.82) is 0 Å². The van der Waals surface area contributed by atoms with Gasteiger partial charge in [0.25, 0.3) is 0 Å². The second-order valence-electron chi connectivity index (χ2n) is 6.37. The van der Waals surface area contributed by atoms with Crippen LogP contribution in [0.4, 0.5) is 28.7 Å². The molecule has 0 saturated heterocycles. The van der Waals surface area contributed by atoms with Crippen molar-refractivity contribution in [3.8, 4) is 0 Å². The summed E-state index contributed by atoms with van der Waals surface area (Å²) >= 11 is 0. The summed E-state index contributed by atoms with van der Waals surface area (Å²) < 4.78 is 26.2. The molecule has 4 rings (SSSR count). The maximum atomic E-state index is 12.0. The van der Waals surface area contributed by atoms with Crippen LogP contribution >= 0.6 is 0 Å². The lowest BCUT2D eigenvalue weighted by Gasteiger charge is -2.10. The predicted molar refractivity (Wildman–Crippen MR) is 110 cm³/mol. The molecule has 0 spiro atoms. The highest BCUT2D eigenvalue weighted by atomic mass is 32.2. The molecule has 29 heavy (non-hydrogen) atoms. The van der Waals surface area contributed by atoms with E-state index in [2.05, 4.69) is 30.6 Å². The zero-order chi connectivity index (χ0) is 20.4. The Hall–Kier alpha value is -3.50. The Bertz CT molecular complexity index is 1200. The normalized spacial score (nSPS) is 12.9. The first-order valence-corrected chi connectivity index (χ1v) is 10.2. The lowest BCUT2D eigenvalue weighted by Crippen LogP contribution is -2.18. The molecule has 2 aromatic carbocycles. The van der Waals surface area contributed by atoms with Gasteiger partial charge in [0.05, 0.1) is 11.3 Å². The van der Waals surface area contributed by atoms with Crippen LogP contribution in [0.5, 0.6) is 0 Å². The Labute approximate surface area is 167 Å². The number of anilines is 5. The standard InChI is InChI=1S/C19H18N6O3S/c1-20-29(27,28)15-4-2-3-13(8-15)23-17-10-18(22-11-21-17)24-14-6-5-12-7-19(26)25-16(12)9-14/h2-6,8-11,20H,7H2,1H3,(H,25,26)(H2,21,22,23,24). The second kappa shape index (κ2) is 7.49. The number of benzene rings is 2. The van der Waals surface area contributed by atoms with Crippen LogP contribution in [0.2, 0.25) is 0 Å². The van der Waals surface area contributed by atoms with Gasteiger partial charge in [0.2, 0.25) is 15.9 Å². The summed E-state index contributed by atoms with van der Waals surface area (Å²) in [5.41, 5.74) is 3.10. The fraction of sp³-hybridized carbons (Fsp3) is 0.105. The summed E-state index contributed by atoms with van der Waals surface area (Å²) in [6, 6.07) is 13.7. The summed E-state index contributed by atoms with van der Waals surface area (Å²) in [5, 5.41) is 9.06. The fourth-order valence-electron chi connectivity index (χ4n) is 2.94. The number of hydrogen-bond acceptors (Lipinski definition) is 7. The minimum absolute atomic E-state index is 0.0202. The van der Waals surface area contributed by atoms with E-state index < -0.39 is 10.0 Å². The molecule has 9 nitrogen and oxygen atoms in total. The molecule has 148 valence electrons. The van der Waals surface area contributed by atoms with Crippen LogP contribution in [0.1, 0.15) is 5.56 Å². The van der Waals surface area contributed by atoms with Crippen molar-refractivity contribution in [2.75, 3.05) is 23.0 Å². The highest BCUT2D eigenvalue weighted by Gasteiger charge is 2.17. The molecule has 4 N–H and O–H groups in total. The van der Waals surface area contributed by atoms with Gasteiger partial charge in [0.15, 0.2) is 0 Å². The van der Waals surface area contributed by atoms with Crippen molar-refractivity contribution in [3.05, 3.63) is 60.4 Å². The van der Waals surface area contributed by atoms with Gasteiger partial charge in [-0.05, 0) is 42.9 Å². The Morgan fingerprint density at radius 1 is 0.966 bits per heavy atom. The van der Waals surface area contributed by atoms with Gasteiger partial charge in [0, 0.05) is 23.1 Å². The minimum atomic E-state index is -3.54. The van der Waals surface area contributed by atoms with Gasteiger partial charge in [0.1, 0.15) is 18.0 Å². The van der Waals surface area contributed by atoms with Crippen LogP contribution in [0, 0.1) is 0 Å². The van der Waals surface area contributed by atoms with Gasteiger partial charge in [-0.15, -0.1) is 0 Å². The van der Waals surface area contributed by atoms with Gasteiger partial charge >= 0.3 is 0 Å². The molecule has 1 aliphatic heterocycles. The third kappa shape index (κ3) is 4.18. The molecule has 10 heteroatoms. The Kier molecular flexibility index (Phi) is 4.87. The number of fused-ring (bicyclic) bond motifs is 1. The van der Waals surface area contributed by atoms with E-state index in [1.165, 1.54) is 25.5 Å². The zero-order valence-corrected chi connectivity index (χ0v) is 16.2. The molecule has 0 atom stereocenters. The molecule has 0 saturated carbocycles. The fourth-order valence-corrected chi connectivity index (χ4v) is 3.72. The molecule has 1 amide bonds. The van der Waals surface area contributed by atoms with Crippen molar-refractivity contribution < 1.29 is 13.2 Å². The summed E-state index contributed by atoms with van der Waals surface area (Å²) in [7, 11) is -2.17. The topological polar surface area (TPSA) is 125 Å². The minimum Gasteiger partial charge on any atom is -0.340 e. The number of carbonyl (C=O) groups is 1. The molecule has 2 heterocycles. The van der Waals surface area contributed by atoms with Gasteiger partial charge in [-0.2, -0.15) is 0 Å². The summed E-state index contributed by atoms with van der Waals surface area (Å²) in [6.07, 6.45) is 1.79. The molecule has 0 radical (unpaired) electrons. The lowest BCUT2D eigenvalue weighted by molar-refractivity contribution is -0.115. The maximum Gasteiger partial charge on any atom is 0.240 e. The van der Waals surface area contributed by atoms with Crippen molar-refractivity contribution in [2.24, 2.45) is 0 Å². The number of sulfonamides is 1. The van der Waals surface area contributed by atoms with E-state index in [-0.39, 0.29) is 10.8 Å². The van der Waals surface area contributed by atoms with Crippen LogP contribution in [0.3, 0.4) is 0 Å². The molecule has 1 aliphatic rings. The van der Waals surface area contributed by atoms with Gasteiger partial charge in [-0.25, -0.2) is 23.1 Å². The van der Waals surface area contributed by atoms with E-state index >= 15 is 0 Å². The number of rotatable bonds is 6. The highest BCUT2D eigenvalue weighted by molar-refractivity contribution is 7.89. The number of carbonyl (C=O) groups excluding carboxylic acids is 1. The van der Waals surface area contributed by atoms with Crippen LogP contribution in [-0.4, -0.2) is 31.3 Å². The van der Waals surface area contributed by atoms with E-state index in [0.29, 0.717) is 23.7 Å². The zero-order valence-electron chi connectivity index (χ0n) is 15.4. The predicted octanol–water partition coefficient (Wildman–Crippen LogP) is 2.37. The van der Waals surface area contributed by atoms with Crippen LogP contribution < -0.4 is 20.7 Å². The number of aromatic nitrogens is 2. The van der Waals surface area contributed by atoms with Crippen molar-refractivity contribution in [2.45, 2.75) is 11.3 Å². The SMILES string of the molecule is CNS(=O)(=O)c1cccc(Nc2cc(Nc3ccc4c(c3)NC(=O)C4)ncn2)c1. The first kappa shape index (κ1) is 18.8. The molecule has 0 unspecified atom stereocenters. The Balaban J connectivity index is 1.52. The number of nitrogens with zero attached hydrogens (tertiary/aromatic N) is 2. The quantitative estimate of drug-likeness (QED) is 0.492. The Morgan fingerprint density at radius 2 is 1.69 bits per heavy atom.